The highest BCUT2D eigenvalue weighted by Crippen LogP contribution is 2.36. The van der Waals surface area contributed by atoms with Crippen LogP contribution in [0.1, 0.15) is 16.7 Å². The minimum absolute atomic E-state index is 0.516. The van der Waals surface area contributed by atoms with Crippen molar-refractivity contribution in [2.75, 3.05) is 0 Å². The molecule has 3 heteroatoms. The highest BCUT2D eigenvalue weighted by molar-refractivity contribution is 6.63. The third-order valence-electron chi connectivity index (χ3n) is 6.84. The van der Waals surface area contributed by atoms with Gasteiger partial charge in [0.25, 0.3) is 0 Å². The molecule has 0 unspecified atom stereocenters. The summed E-state index contributed by atoms with van der Waals surface area (Å²) in [5.41, 5.74) is 8.16. The molecule has 0 aliphatic carbocycles. The highest BCUT2D eigenvalue weighted by atomic mass is 16.4. The lowest BCUT2D eigenvalue weighted by atomic mass is 9.71. The molecule has 2 N–H and O–H groups in total. The zero-order chi connectivity index (χ0) is 24.5. The van der Waals surface area contributed by atoms with Gasteiger partial charge in [-0.3, -0.25) is 0 Å². The Kier molecular flexibility index (Phi) is 6.13. The lowest BCUT2D eigenvalue weighted by Crippen LogP contribution is -2.33. The van der Waals surface area contributed by atoms with Gasteiger partial charge in [-0.15, -0.1) is 0 Å². The molecule has 0 atom stereocenters. The van der Waals surface area contributed by atoms with E-state index in [9.17, 15) is 10.0 Å². The van der Waals surface area contributed by atoms with Crippen LogP contribution >= 0.6 is 0 Å². The second-order valence-corrected chi connectivity index (χ2v) is 8.89. The van der Waals surface area contributed by atoms with Gasteiger partial charge >= 0.3 is 7.12 Å². The Morgan fingerprint density at radius 1 is 0.686 bits per heavy atom. The molecule has 0 saturated carbocycles. The zero-order valence-corrected chi connectivity index (χ0v) is 20.0. The van der Waals surface area contributed by atoms with E-state index in [2.05, 4.69) is 74.2 Å². The minimum atomic E-state index is -1.57. The van der Waals surface area contributed by atoms with Crippen molar-refractivity contribution in [3.05, 3.63) is 120 Å². The van der Waals surface area contributed by atoms with Crippen LogP contribution in [0.15, 0.2) is 104 Å². The van der Waals surface area contributed by atoms with E-state index in [0.29, 0.717) is 5.46 Å². The van der Waals surface area contributed by atoms with Crippen LogP contribution in [0.4, 0.5) is 0 Å². The maximum atomic E-state index is 10.3. The SMILES string of the molecule is C=C/C=C\c1c(C)c(-c2ccc(-c3cccc4c(C)cccc34)cc2)c2ccccc2c1B(O)O. The van der Waals surface area contributed by atoms with Gasteiger partial charge in [-0.05, 0) is 79.8 Å². The van der Waals surface area contributed by atoms with E-state index in [-0.39, 0.29) is 0 Å². The van der Waals surface area contributed by atoms with Crippen molar-refractivity contribution in [1.29, 1.82) is 0 Å². The summed E-state index contributed by atoms with van der Waals surface area (Å²) in [7, 11) is -1.57. The van der Waals surface area contributed by atoms with Gasteiger partial charge in [0.15, 0.2) is 0 Å². The summed E-state index contributed by atoms with van der Waals surface area (Å²) in [6.07, 6.45) is 5.43. The van der Waals surface area contributed by atoms with Crippen LogP contribution < -0.4 is 5.46 Å². The molecule has 0 amide bonds. The molecule has 0 radical (unpaired) electrons. The molecule has 5 aromatic rings. The van der Waals surface area contributed by atoms with Crippen LogP contribution in [0.2, 0.25) is 0 Å². The van der Waals surface area contributed by atoms with Crippen molar-refractivity contribution in [2.45, 2.75) is 13.8 Å². The van der Waals surface area contributed by atoms with Gasteiger partial charge in [-0.2, -0.15) is 0 Å². The average Bonchev–Trinajstić information content (AvgIpc) is 2.87. The van der Waals surface area contributed by atoms with E-state index >= 15 is 0 Å². The Balaban J connectivity index is 1.72. The van der Waals surface area contributed by atoms with Gasteiger partial charge in [0.2, 0.25) is 0 Å². The van der Waals surface area contributed by atoms with E-state index in [1.807, 2.05) is 43.3 Å². The van der Waals surface area contributed by atoms with Crippen molar-refractivity contribution in [3.8, 4) is 22.3 Å². The maximum Gasteiger partial charge on any atom is 0.489 e. The van der Waals surface area contributed by atoms with Gasteiger partial charge in [0, 0.05) is 0 Å². The lowest BCUT2D eigenvalue weighted by Gasteiger charge is -2.19. The molecular formula is C32H27BO2. The highest BCUT2D eigenvalue weighted by Gasteiger charge is 2.23. The third kappa shape index (κ3) is 3.99. The van der Waals surface area contributed by atoms with Crippen LogP contribution in [0, 0.1) is 13.8 Å². The molecule has 5 aromatic carbocycles. The van der Waals surface area contributed by atoms with Crippen molar-refractivity contribution in [1.82, 2.24) is 0 Å². The van der Waals surface area contributed by atoms with Gasteiger partial charge in [0.1, 0.15) is 0 Å². The first kappa shape index (κ1) is 22.9. The Hall–Kier alpha value is -3.92. The number of aryl methyl sites for hydroxylation is 1. The Bertz CT molecular complexity index is 1590. The third-order valence-corrected chi connectivity index (χ3v) is 6.84. The molecule has 2 nitrogen and oxygen atoms in total. The zero-order valence-electron chi connectivity index (χ0n) is 20.0. The minimum Gasteiger partial charge on any atom is -0.423 e. The van der Waals surface area contributed by atoms with Crippen LogP contribution in [0.3, 0.4) is 0 Å². The van der Waals surface area contributed by atoms with E-state index in [4.69, 9.17) is 0 Å². The van der Waals surface area contributed by atoms with Gasteiger partial charge in [-0.25, -0.2) is 0 Å². The molecular weight excluding hydrogens is 427 g/mol. The fraction of sp³-hybridized carbons (Fsp3) is 0.0625. The summed E-state index contributed by atoms with van der Waals surface area (Å²) >= 11 is 0. The summed E-state index contributed by atoms with van der Waals surface area (Å²) in [4.78, 5) is 0. The molecule has 0 fully saturated rings. The van der Waals surface area contributed by atoms with Crippen LogP contribution in [0.25, 0.3) is 49.9 Å². The number of fused-ring (bicyclic) bond motifs is 2. The number of rotatable bonds is 5. The van der Waals surface area contributed by atoms with Gasteiger partial charge < -0.3 is 10.0 Å². The normalized spacial score (nSPS) is 11.4. The van der Waals surface area contributed by atoms with Crippen molar-refractivity contribution >= 4 is 40.2 Å². The monoisotopic (exact) mass is 454 g/mol. The smallest absolute Gasteiger partial charge is 0.423 e. The second kappa shape index (κ2) is 9.38. The van der Waals surface area contributed by atoms with Gasteiger partial charge in [0.05, 0.1) is 0 Å². The molecule has 0 aliphatic rings. The molecule has 0 spiro atoms. The predicted octanol–water partition coefficient (Wildman–Crippen LogP) is 6.82. The first-order valence-corrected chi connectivity index (χ1v) is 11.8. The summed E-state index contributed by atoms with van der Waals surface area (Å²) in [5.74, 6) is 0. The summed E-state index contributed by atoms with van der Waals surface area (Å²) < 4.78 is 0. The Labute approximate surface area is 206 Å². The number of hydrogen-bond donors (Lipinski definition) is 2. The molecule has 0 heterocycles. The summed E-state index contributed by atoms with van der Waals surface area (Å²) in [5, 5.41) is 24.9. The lowest BCUT2D eigenvalue weighted by molar-refractivity contribution is 0.426. The van der Waals surface area contributed by atoms with Crippen LogP contribution in [-0.2, 0) is 0 Å². The Morgan fingerprint density at radius 3 is 2.03 bits per heavy atom. The van der Waals surface area contributed by atoms with E-state index in [1.165, 1.54) is 27.5 Å². The molecule has 0 aromatic heterocycles. The quantitative estimate of drug-likeness (QED) is 0.226. The molecule has 5 rings (SSSR count). The fourth-order valence-corrected chi connectivity index (χ4v) is 5.18. The predicted molar refractivity (Wildman–Crippen MR) is 151 cm³/mol. The molecule has 0 bridgehead atoms. The van der Waals surface area contributed by atoms with Gasteiger partial charge in [-0.1, -0.05) is 110 Å². The largest absolute Gasteiger partial charge is 0.489 e. The number of hydrogen-bond acceptors (Lipinski definition) is 2. The van der Waals surface area contributed by atoms with Crippen LogP contribution in [0.5, 0.6) is 0 Å². The first-order chi connectivity index (χ1) is 17.0. The number of benzene rings is 5. The molecule has 0 aliphatic heterocycles. The molecule has 35 heavy (non-hydrogen) atoms. The van der Waals surface area contributed by atoms with Crippen LogP contribution in [-0.4, -0.2) is 17.2 Å². The first-order valence-electron chi connectivity index (χ1n) is 11.8. The van der Waals surface area contributed by atoms with Crippen molar-refractivity contribution in [2.24, 2.45) is 0 Å². The topological polar surface area (TPSA) is 40.5 Å². The van der Waals surface area contributed by atoms with E-state index < -0.39 is 7.12 Å². The second-order valence-electron chi connectivity index (χ2n) is 8.89. The van der Waals surface area contributed by atoms with Crippen molar-refractivity contribution in [3.63, 3.8) is 0 Å². The summed E-state index contributed by atoms with van der Waals surface area (Å²) in [6, 6.07) is 29.5. The van der Waals surface area contributed by atoms with Crippen molar-refractivity contribution < 1.29 is 10.0 Å². The summed E-state index contributed by atoms with van der Waals surface area (Å²) in [6.45, 7) is 7.96. The molecule has 170 valence electrons. The average molecular weight is 454 g/mol. The molecule has 0 saturated heterocycles. The van der Waals surface area contributed by atoms with E-state index in [0.717, 1.165) is 33.0 Å². The Morgan fingerprint density at radius 2 is 1.31 bits per heavy atom. The van der Waals surface area contributed by atoms with E-state index in [1.54, 1.807) is 6.08 Å². The fourth-order valence-electron chi connectivity index (χ4n) is 5.18. The standard InChI is InChI=1S/C32H27BO2/c1-4-5-11-26-22(3)31(29-12-6-7-13-30(29)32(26)33(34)35)24-19-17-23(18-20-24)27-15-9-14-25-21(2)10-8-16-28(25)27/h4-20,34-35H,1H2,2-3H3/b11-5-. The number of allylic oxidation sites excluding steroid dienone is 2. The maximum absolute atomic E-state index is 10.3.